The number of rotatable bonds is 6. The van der Waals surface area contributed by atoms with E-state index < -0.39 is 0 Å². The molecule has 0 aromatic heterocycles. The van der Waals surface area contributed by atoms with Crippen molar-refractivity contribution < 1.29 is 14.3 Å². The lowest BCUT2D eigenvalue weighted by Crippen LogP contribution is -2.29. The minimum Gasteiger partial charge on any atom is -0.496 e. The summed E-state index contributed by atoms with van der Waals surface area (Å²) >= 11 is 5.90. The number of ether oxygens (including phenoxy) is 2. The molecule has 1 rings (SSSR count). The van der Waals surface area contributed by atoms with Crippen molar-refractivity contribution in [3.8, 4) is 11.5 Å². The molecule has 19 heavy (non-hydrogen) atoms. The Kier molecular flexibility index (Phi) is 5.96. The predicted molar refractivity (Wildman–Crippen MR) is 76.4 cm³/mol. The molecule has 0 radical (unpaired) electrons. The second-order valence-electron chi connectivity index (χ2n) is 4.33. The Morgan fingerprint density at radius 2 is 1.84 bits per heavy atom. The summed E-state index contributed by atoms with van der Waals surface area (Å²) in [5, 5.41) is 0.0369. The maximum atomic E-state index is 12.4. The molecule has 0 N–H and O–H groups in total. The molecule has 1 aromatic rings. The van der Waals surface area contributed by atoms with E-state index in [2.05, 4.69) is 0 Å². The van der Waals surface area contributed by atoms with Gasteiger partial charge in [-0.1, -0.05) is 6.07 Å². The average Bonchev–Trinajstić information content (AvgIpc) is 2.42. The van der Waals surface area contributed by atoms with Gasteiger partial charge in [0.25, 0.3) is 5.91 Å². The average molecular weight is 286 g/mol. The third kappa shape index (κ3) is 4.03. The van der Waals surface area contributed by atoms with E-state index in [1.807, 2.05) is 6.92 Å². The van der Waals surface area contributed by atoms with Crippen LogP contribution in [0.3, 0.4) is 0 Å². The highest BCUT2D eigenvalue weighted by atomic mass is 35.5. The van der Waals surface area contributed by atoms with E-state index in [-0.39, 0.29) is 11.3 Å². The molecule has 0 saturated carbocycles. The van der Waals surface area contributed by atoms with E-state index in [1.54, 1.807) is 30.1 Å². The van der Waals surface area contributed by atoms with E-state index in [9.17, 15) is 4.79 Å². The number of nitrogens with zero attached hydrogens (tertiary/aromatic N) is 1. The first kappa shape index (κ1) is 15.6. The molecule has 5 heteroatoms. The Morgan fingerprint density at radius 1 is 1.32 bits per heavy atom. The molecule has 0 aliphatic carbocycles. The lowest BCUT2D eigenvalue weighted by atomic mass is 10.1. The number of hydrogen-bond acceptors (Lipinski definition) is 3. The lowest BCUT2D eigenvalue weighted by Gasteiger charge is -2.20. The van der Waals surface area contributed by atoms with E-state index in [0.29, 0.717) is 23.6 Å². The summed E-state index contributed by atoms with van der Waals surface area (Å²) in [4.78, 5) is 14.1. The third-order valence-electron chi connectivity index (χ3n) is 2.85. The van der Waals surface area contributed by atoms with Gasteiger partial charge in [-0.25, -0.2) is 0 Å². The molecule has 1 amide bonds. The van der Waals surface area contributed by atoms with Gasteiger partial charge in [0.15, 0.2) is 0 Å². The van der Waals surface area contributed by atoms with Gasteiger partial charge in [0.1, 0.15) is 17.1 Å². The van der Waals surface area contributed by atoms with Gasteiger partial charge < -0.3 is 14.4 Å². The second-order valence-corrected chi connectivity index (χ2v) is 5.08. The van der Waals surface area contributed by atoms with Crippen molar-refractivity contribution in [2.45, 2.75) is 18.7 Å². The largest absolute Gasteiger partial charge is 0.496 e. The zero-order chi connectivity index (χ0) is 14.4. The molecule has 1 aromatic carbocycles. The summed E-state index contributed by atoms with van der Waals surface area (Å²) in [6, 6.07) is 5.27. The first-order chi connectivity index (χ1) is 9.01. The van der Waals surface area contributed by atoms with Gasteiger partial charge in [-0.05, 0) is 25.5 Å². The van der Waals surface area contributed by atoms with Crippen LogP contribution in [-0.4, -0.2) is 44.0 Å². The van der Waals surface area contributed by atoms with Gasteiger partial charge in [-0.15, -0.1) is 11.6 Å². The Morgan fingerprint density at radius 3 is 2.26 bits per heavy atom. The SMILES string of the molecule is COc1cccc(OC)c1C(=O)N(C)CCC(C)Cl. The van der Waals surface area contributed by atoms with Gasteiger partial charge in [-0.3, -0.25) is 4.79 Å². The number of carbonyl (C=O) groups excluding carboxylic acids is 1. The fourth-order valence-corrected chi connectivity index (χ4v) is 1.82. The highest BCUT2D eigenvalue weighted by Gasteiger charge is 2.21. The van der Waals surface area contributed by atoms with Crippen LogP contribution in [0.15, 0.2) is 18.2 Å². The van der Waals surface area contributed by atoms with Crippen molar-refractivity contribution in [3.63, 3.8) is 0 Å². The third-order valence-corrected chi connectivity index (χ3v) is 3.07. The van der Waals surface area contributed by atoms with Crippen molar-refractivity contribution in [3.05, 3.63) is 23.8 Å². The zero-order valence-corrected chi connectivity index (χ0v) is 12.5. The second kappa shape index (κ2) is 7.24. The quantitative estimate of drug-likeness (QED) is 0.755. The summed E-state index contributed by atoms with van der Waals surface area (Å²) in [5.74, 6) is 0.886. The molecule has 0 bridgehead atoms. The molecule has 0 heterocycles. The molecule has 0 fully saturated rings. The van der Waals surface area contributed by atoms with Gasteiger partial charge >= 0.3 is 0 Å². The Balaban J connectivity index is 2.97. The van der Waals surface area contributed by atoms with Crippen LogP contribution in [0.4, 0.5) is 0 Å². The lowest BCUT2D eigenvalue weighted by molar-refractivity contribution is 0.0787. The molecule has 1 atom stereocenters. The van der Waals surface area contributed by atoms with E-state index in [1.165, 1.54) is 14.2 Å². The zero-order valence-electron chi connectivity index (χ0n) is 11.8. The van der Waals surface area contributed by atoms with Crippen LogP contribution >= 0.6 is 11.6 Å². The maximum absolute atomic E-state index is 12.4. The first-order valence-electron chi connectivity index (χ1n) is 6.11. The van der Waals surface area contributed by atoms with Crippen LogP contribution in [0.1, 0.15) is 23.7 Å². The van der Waals surface area contributed by atoms with Crippen LogP contribution in [0.25, 0.3) is 0 Å². The van der Waals surface area contributed by atoms with Gasteiger partial charge in [0.05, 0.1) is 14.2 Å². The summed E-state index contributed by atoms with van der Waals surface area (Å²) in [5.41, 5.74) is 0.442. The molecule has 1 unspecified atom stereocenters. The smallest absolute Gasteiger partial charge is 0.261 e. The van der Waals surface area contributed by atoms with Crippen molar-refractivity contribution >= 4 is 17.5 Å². The summed E-state index contributed by atoms with van der Waals surface area (Å²) in [7, 11) is 4.81. The molecule has 0 aliphatic heterocycles. The Hall–Kier alpha value is -1.42. The molecule has 0 saturated heterocycles. The molecular weight excluding hydrogens is 266 g/mol. The molecule has 106 valence electrons. The highest BCUT2D eigenvalue weighted by Crippen LogP contribution is 2.29. The van der Waals surface area contributed by atoms with Crippen LogP contribution in [0.5, 0.6) is 11.5 Å². The number of carbonyl (C=O) groups is 1. The van der Waals surface area contributed by atoms with Gasteiger partial charge in [0, 0.05) is 19.0 Å². The van der Waals surface area contributed by atoms with Crippen molar-refractivity contribution in [1.82, 2.24) is 4.90 Å². The van der Waals surface area contributed by atoms with Crippen LogP contribution in [-0.2, 0) is 0 Å². The monoisotopic (exact) mass is 285 g/mol. The Bertz CT molecular complexity index is 412. The van der Waals surface area contributed by atoms with Crippen LogP contribution < -0.4 is 9.47 Å². The number of benzene rings is 1. The molecule has 0 spiro atoms. The summed E-state index contributed by atoms with van der Waals surface area (Å²) in [6.45, 7) is 2.49. The van der Waals surface area contributed by atoms with E-state index >= 15 is 0 Å². The van der Waals surface area contributed by atoms with Gasteiger partial charge in [-0.2, -0.15) is 0 Å². The Labute approximate surface area is 119 Å². The molecular formula is C14H20ClNO3. The van der Waals surface area contributed by atoms with E-state index in [0.717, 1.165) is 6.42 Å². The standard InChI is InChI=1S/C14H20ClNO3/c1-10(15)8-9-16(2)14(17)13-11(18-3)6-5-7-12(13)19-4/h5-7,10H,8-9H2,1-4H3. The van der Waals surface area contributed by atoms with Gasteiger partial charge in [0.2, 0.25) is 0 Å². The number of amides is 1. The fraction of sp³-hybridized carbons (Fsp3) is 0.500. The maximum Gasteiger partial charge on any atom is 0.261 e. The van der Waals surface area contributed by atoms with Crippen LogP contribution in [0.2, 0.25) is 0 Å². The fourth-order valence-electron chi connectivity index (χ4n) is 1.73. The first-order valence-corrected chi connectivity index (χ1v) is 6.55. The highest BCUT2D eigenvalue weighted by molar-refractivity contribution is 6.20. The normalized spacial score (nSPS) is 11.8. The van der Waals surface area contributed by atoms with Crippen molar-refractivity contribution in [2.75, 3.05) is 27.8 Å². The summed E-state index contributed by atoms with van der Waals surface area (Å²) in [6.07, 6.45) is 0.737. The topological polar surface area (TPSA) is 38.8 Å². The number of hydrogen-bond donors (Lipinski definition) is 0. The number of halogens is 1. The predicted octanol–water partition coefficient (Wildman–Crippen LogP) is 2.79. The van der Waals surface area contributed by atoms with Crippen molar-refractivity contribution in [2.24, 2.45) is 0 Å². The minimum atomic E-state index is -0.133. The minimum absolute atomic E-state index is 0.0369. The summed E-state index contributed by atoms with van der Waals surface area (Å²) < 4.78 is 10.5. The number of methoxy groups -OCH3 is 2. The van der Waals surface area contributed by atoms with E-state index in [4.69, 9.17) is 21.1 Å². The van der Waals surface area contributed by atoms with Crippen LogP contribution in [0, 0.1) is 0 Å². The molecule has 0 aliphatic rings. The van der Waals surface area contributed by atoms with Crippen molar-refractivity contribution in [1.29, 1.82) is 0 Å². The number of alkyl halides is 1. The molecule has 4 nitrogen and oxygen atoms in total.